The molecule has 136 valence electrons. The molecule has 1 aromatic heterocycles. The Labute approximate surface area is 150 Å². The van der Waals surface area contributed by atoms with Crippen molar-refractivity contribution >= 4 is 22.6 Å². The van der Waals surface area contributed by atoms with Gasteiger partial charge in [0, 0.05) is 31.1 Å². The van der Waals surface area contributed by atoms with E-state index >= 15 is 0 Å². The first-order valence-corrected chi connectivity index (χ1v) is 8.21. The molecule has 0 atom stereocenters. The number of furan rings is 1. The molecule has 26 heavy (non-hydrogen) atoms. The van der Waals surface area contributed by atoms with Crippen molar-refractivity contribution in [3.63, 3.8) is 0 Å². The van der Waals surface area contributed by atoms with Crippen LogP contribution in [-0.2, 0) is 0 Å². The number of ether oxygens (including phenoxy) is 1. The molecule has 0 aliphatic rings. The molecule has 2 aromatic carbocycles. The molecule has 1 N–H and O–H groups in total. The fourth-order valence-electron chi connectivity index (χ4n) is 2.83. The van der Waals surface area contributed by atoms with E-state index in [2.05, 4.69) is 0 Å². The highest BCUT2D eigenvalue weighted by atomic mass is 19.1. The number of aromatic carboxylic acids is 1. The highest BCUT2D eigenvalue weighted by Crippen LogP contribution is 2.40. The Kier molecular flexibility index (Phi) is 4.59. The van der Waals surface area contributed by atoms with Gasteiger partial charge in [0.15, 0.2) is 0 Å². The lowest BCUT2D eigenvalue weighted by molar-refractivity contribution is 0.0699. The van der Waals surface area contributed by atoms with Crippen LogP contribution in [0.3, 0.4) is 0 Å². The van der Waals surface area contributed by atoms with Crippen molar-refractivity contribution < 1.29 is 23.4 Å². The molecular weight excluding hydrogens is 337 g/mol. The van der Waals surface area contributed by atoms with Crippen LogP contribution in [0, 0.1) is 5.82 Å². The predicted molar refractivity (Wildman–Crippen MR) is 98.7 cm³/mol. The summed E-state index contributed by atoms with van der Waals surface area (Å²) in [4.78, 5) is 13.8. The number of halogens is 1. The number of carbonyl (C=O) groups is 1. The van der Waals surface area contributed by atoms with E-state index < -0.39 is 11.8 Å². The van der Waals surface area contributed by atoms with E-state index in [1.54, 1.807) is 12.1 Å². The third kappa shape index (κ3) is 3.22. The van der Waals surface area contributed by atoms with Crippen molar-refractivity contribution in [2.24, 2.45) is 0 Å². The van der Waals surface area contributed by atoms with Crippen LogP contribution < -0.4 is 9.64 Å². The van der Waals surface area contributed by atoms with E-state index in [1.165, 1.54) is 24.3 Å². The number of hydrogen-bond donors (Lipinski definition) is 1. The first kappa shape index (κ1) is 17.8. The van der Waals surface area contributed by atoms with Gasteiger partial charge in [-0.15, -0.1) is 0 Å². The average molecular weight is 357 g/mol. The number of carboxylic acid groups (broad SMARTS) is 1. The van der Waals surface area contributed by atoms with Crippen molar-refractivity contribution in [1.82, 2.24) is 0 Å². The Hall–Kier alpha value is -3.02. The normalized spacial score (nSPS) is 11.2. The Balaban J connectivity index is 2.29. The maximum Gasteiger partial charge on any atom is 0.340 e. The maximum atomic E-state index is 13.2. The van der Waals surface area contributed by atoms with Gasteiger partial charge in [-0.1, -0.05) is 0 Å². The molecule has 0 amide bonds. The second-order valence-electron chi connectivity index (χ2n) is 6.50. The molecule has 1 heterocycles. The maximum absolute atomic E-state index is 13.2. The van der Waals surface area contributed by atoms with E-state index in [0.717, 1.165) is 5.69 Å². The molecule has 6 heteroatoms. The molecule has 3 rings (SSSR count). The summed E-state index contributed by atoms with van der Waals surface area (Å²) in [6.07, 6.45) is -0.0668. The third-order valence-corrected chi connectivity index (χ3v) is 3.93. The summed E-state index contributed by atoms with van der Waals surface area (Å²) in [5, 5.41) is 10.2. The van der Waals surface area contributed by atoms with Crippen LogP contribution in [0.5, 0.6) is 5.75 Å². The summed E-state index contributed by atoms with van der Waals surface area (Å²) in [6, 6.07) is 8.98. The van der Waals surface area contributed by atoms with Gasteiger partial charge < -0.3 is 19.2 Å². The van der Waals surface area contributed by atoms with Gasteiger partial charge in [-0.05, 0) is 44.2 Å². The molecule has 0 spiro atoms. The molecule has 0 bridgehead atoms. The van der Waals surface area contributed by atoms with Crippen LogP contribution in [0.25, 0.3) is 22.3 Å². The predicted octanol–water partition coefficient (Wildman–Crippen LogP) is 4.79. The monoisotopic (exact) mass is 357 g/mol. The van der Waals surface area contributed by atoms with Crippen LogP contribution in [-0.4, -0.2) is 31.3 Å². The Morgan fingerprint density at radius 3 is 2.38 bits per heavy atom. The summed E-state index contributed by atoms with van der Waals surface area (Å²) < 4.78 is 24.9. The van der Waals surface area contributed by atoms with E-state index in [-0.39, 0.29) is 17.4 Å². The van der Waals surface area contributed by atoms with Gasteiger partial charge in [-0.25, -0.2) is 9.18 Å². The quantitative estimate of drug-likeness (QED) is 0.711. The van der Waals surface area contributed by atoms with E-state index in [9.17, 15) is 14.3 Å². The standard InChI is InChI=1S/C20H20FNO4/c1-11(2)25-17-9-14-16(10-15(17)22(3)4)26-19(18(14)20(23)24)12-5-7-13(21)8-6-12/h5-11H,1-4H3,(H,23,24). The molecule has 0 saturated carbocycles. The van der Waals surface area contributed by atoms with Gasteiger partial charge in [0.2, 0.25) is 0 Å². The zero-order valence-corrected chi connectivity index (χ0v) is 15.0. The molecular formula is C20H20FNO4. The highest BCUT2D eigenvalue weighted by molar-refractivity contribution is 6.09. The second kappa shape index (κ2) is 6.71. The van der Waals surface area contributed by atoms with Crippen molar-refractivity contribution in [1.29, 1.82) is 0 Å². The topological polar surface area (TPSA) is 62.9 Å². The molecule has 5 nitrogen and oxygen atoms in total. The third-order valence-electron chi connectivity index (χ3n) is 3.93. The number of anilines is 1. The average Bonchev–Trinajstić information content (AvgIpc) is 2.92. The highest BCUT2D eigenvalue weighted by Gasteiger charge is 2.24. The molecule has 0 fully saturated rings. The molecule has 0 aliphatic carbocycles. The molecule has 0 radical (unpaired) electrons. The van der Waals surface area contributed by atoms with Crippen LogP contribution in [0.4, 0.5) is 10.1 Å². The fraction of sp³-hybridized carbons (Fsp3) is 0.250. The van der Waals surface area contributed by atoms with Crippen molar-refractivity contribution in [3.05, 3.63) is 47.8 Å². The molecule has 0 saturated heterocycles. The minimum absolute atomic E-state index is 0.0329. The van der Waals surface area contributed by atoms with Gasteiger partial charge in [0.1, 0.15) is 28.5 Å². The van der Waals surface area contributed by atoms with Gasteiger partial charge in [0.05, 0.1) is 11.8 Å². The van der Waals surface area contributed by atoms with E-state index in [0.29, 0.717) is 22.3 Å². The van der Waals surface area contributed by atoms with E-state index in [4.69, 9.17) is 9.15 Å². The van der Waals surface area contributed by atoms with Crippen molar-refractivity contribution in [3.8, 4) is 17.1 Å². The molecule has 0 unspecified atom stereocenters. The van der Waals surface area contributed by atoms with Crippen LogP contribution in [0.2, 0.25) is 0 Å². The fourth-order valence-corrected chi connectivity index (χ4v) is 2.83. The smallest absolute Gasteiger partial charge is 0.340 e. The second-order valence-corrected chi connectivity index (χ2v) is 6.50. The first-order valence-electron chi connectivity index (χ1n) is 8.21. The number of hydrogen-bond acceptors (Lipinski definition) is 4. The lowest BCUT2D eigenvalue weighted by atomic mass is 10.0. The minimum atomic E-state index is -1.11. The molecule has 3 aromatic rings. The van der Waals surface area contributed by atoms with Crippen molar-refractivity contribution in [2.45, 2.75) is 20.0 Å². The summed E-state index contributed by atoms with van der Waals surface area (Å²) in [5.74, 6) is -0.745. The molecule has 0 aliphatic heterocycles. The Morgan fingerprint density at radius 1 is 1.19 bits per heavy atom. The lowest BCUT2D eigenvalue weighted by Crippen LogP contribution is -2.13. The zero-order valence-electron chi connectivity index (χ0n) is 15.0. The van der Waals surface area contributed by atoms with Crippen LogP contribution in [0.1, 0.15) is 24.2 Å². The summed E-state index contributed by atoms with van der Waals surface area (Å²) in [5.41, 5.74) is 1.74. The van der Waals surface area contributed by atoms with E-state index in [1.807, 2.05) is 32.8 Å². The summed E-state index contributed by atoms with van der Waals surface area (Å²) in [7, 11) is 3.74. The SMILES string of the molecule is CC(C)Oc1cc2c(C(=O)O)c(-c3ccc(F)cc3)oc2cc1N(C)C. The number of rotatable bonds is 5. The Bertz CT molecular complexity index is 958. The zero-order chi connectivity index (χ0) is 19.0. The van der Waals surface area contributed by atoms with Gasteiger partial charge in [-0.2, -0.15) is 0 Å². The number of nitrogens with zero attached hydrogens (tertiary/aromatic N) is 1. The summed E-state index contributed by atoms with van der Waals surface area (Å²) in [6.45, 7) is 3.81. The number of benzene rings is 2. The summed E-state index contributed by atoms with van der Waals surface area (Å²) >= 11 is 0. The van der Waals surface area contributed by atoms with Crippen LogP contribution >= 0.6 is 0 Å². The largest absolute Gasteiger partial charge is 0.489 e. The van der Waals surface area contributed by atoms with Gasteiger partial charge in [-0.3, -0.25) is 0 Å². The number of fused-ring (bicyclic) bond motifs is 1. The Morgan fingerprint density at radius 2 is 1.85 bits per heavy atom. The van der Waals surface area contributed by atoms with Gasteiger partial charge in [0.25, 0.3) is 0 Å². The lowest BCUT2D eigenvalue weighted by Gasteiger charge is -2.19. The van der Waals surface area contributed by atoms with Gasteiger partial charge >= 0.3 is 5.97 Å². The van der Waals surface area contributed by atoms with Crippen molar-refractivity contribution in [2.75, 3.05) is 19.0 Å². The minimum Gasteiger partial charge on any atom is -0.489 e. The number of carboxylic acids is 1. The van der Waals surface area contributed by atoms with Crippen LogP contribution in [0.15, 0.2) is 40.8 Å². The first-order chi connectivity index (χ1) is 12.3.